The van der Waals surface area contributed by atoms with Gasteiger partial charge in [-0.3, -0.25) is 4.79 Å². The van der Waals surface area contributed by atoms with E-state index in [1.54, 1.807) is 11.8 Å². The second-order valence-electron chi connectivity index (χ2n) is 8.82. The van der Waals surface area contributed by atoms with Crippen LogP contribution in [0.25, 0.3) is 10.9 Å². The van der Waals surface area contributed by atoms with Gasteiger partial charge >= 0.3 is 5.97 Å². The predicted molar refractivity (Wildman–Crippen MR) is 122 cm³/mol. The van der Waals surface area contributed by atoms with Crippen LogP contribution in [0, 0.1) is 19.3 Å². The minimum atomic E-state index is -0.604. The summed E-state index contributed by atoms with van der Waals surface area (Å²) in [5.74, 6) is 0.268. The number of rotatable bonds is 6. The molecular formula is C25H31NO2S. The summed E-state index contributed by atoms with van der Waals surface area (Å²) in [4.78, 5) is 18.4. The first-order chi connectivity index (χ1) is 13.6. The van der Waals surface area contributed by atoms with Crippen LogP contribution in [0.2, 0.25) is 0 Å². The molecule has 154 valence electrons. The zero-order valence-corrected chi connectivity index (χ0v) is 19.3. The zero-order chi connectivity index (χ0) is 21.3. The van der Waals surface area contributed by atoms with E-state index in [1.165, 1.54) is 39.0 Å². The van der Waals surface area contributed by atoms with Crippen molar-refractivity contribution in [3.05, 3.63) is 58.8 Å². The Bertz CT molecular complexity index is 1050. The molecular weight excluding hydrogens is 378 g/mol. The number of esters is 1. The van der Waals surface area contributed by atoms with Crippen molar-refractivity contribution < 1.29 is 9.53 Å². The number of methoxy groups -OCH3 is 1. The highest BCUT2D eigenvalue weighted by molar-refractivity contribution is 7.99. The molecule has 29 heavy (non-hydrogen) atoms. The molecule has 0 aliphatic rings. The fraction of sp³-hybridized carbons (Fsp3) is 0.400. The summed E-state index contributed by atoms with van der Waals surface area (Å²) in [7, 11) is 1.45. The number of aromatic amines is 1. The van der Waals surface area contributed by atoms with Crippen molar-refractivity contribution in [2.45, 2.75) is 63.7 Å². The van der Waals surface area contributed by atoms with Gasteiger partial charge < -0.3 is 9.72 Å². The van der Waals surface area contributed by atoms with E-state index in [1.807, 2.05) is 13.8 Å². The number of benzene rings is 2. The van der Waals surface area contributed by atoms with E-state index in [-0.39, 0.29) is 5.97 Å². The molecule has 3 rings (SSSR count). The van der Waals surface area contributed by atoms with E-state index in [4.69, 9.17) is 4.74 Å². The average Bonchev–Trinajstić information content (AvgIpc) is 2.99. The van der Waals surface area contributed by atoms with Crippen LogP contribution in [0.3, 0.4) is 0 Å². The Morgan fingerprint density at radius 2 is 1.86 bits per heavy atom. The van der Waals surface area contributed by atoms with Gasteiger partial charge in [0.25, 0.3) is 0 Å². The summed E-state index contributed by atoms with van der Waals surface area (Å²) < 4.78 is 5.05. The van der Waals surface area contributed by atoms with Crippen molar-refractivity contribution in [3.63, 3.8) is 0 Å². The van der Waals surface area contributed by atoms with Crippen LogP contribution in [0.5, 0.6) is 0 Å². The lowest BCUT2D eigenvalue weighted by molar-refractivity contribution is -0.150. The summed E-state index contributed by atoms with van der Waals surface area (Å²) in [5.41, 5.74) is 5.41. The molecule has 1 N–H and O–H groups in total. The summed E-state index contributed by atoms with van der Waals surface area (Å²) >= 11 is 1.79. The topological polar surface area (TPSA) is 42.1 Å². The van der Waals surface area contributed by atoms with Crippen molar-refractivity contribution in [2.24, 2.45) is 5.41 Å². The SMILES string of the molecule is COC(=O)C(C)(C)Cc1[nH]c2ccc(C(C)C)cc2c1Sc1cc(C)ccc1C. The molecule has 0 bridgehead atoms. The van der Waals surface area contributed by atoms with Crippen LogP contribution in [0.1, 0.15) is 56.0 Å². The molecule has 1 heterocycles. The lowest BCUT2D eigenvalue weighted by Crippen LogP contribution is -2.28. The van der Waals surface area contributed by atoms with E-state index in [0.717, 1.165) is 11.2 Å². The summed E-state index contributed by atoms with van der Waals surface area (Å²) in [6, 6.07) is 13.2. The fourth-order valence-corrected chi connectivity index (χ4v) is 4.78. The molecule has 3 nitrogen and oxygen atoms in total. The highest BCUT2D eigenvalue weighted by Gasteiger charge is 2.31. The zero-order valence-electron chi connectivity index (χ0n) is 18.5. The summed E-state index contributed by atoms with van der Waals surface area (Å²) in [6.45, 7) is 12.6. The molecule has 0 spiro atoms. The van der Waals surface area contributed by atoms with Gasteiger partial charge in [0.05, 0.1) is 12.5 Å². The Labute approximate surface area is 178 Å². The summed E-state index contributed by atoms with van der Waals surface area (Å²) in [5, 5.41) is 1.22. The maximum atomic E-state index is 12.3. The number of hydrogen-bond donors (Lipinski definition) is 1. The van der Waals surface area contributed by atoms with Gasteiger partial charge in [-0.2, -0.15) is 0 Å². The maximum Gasteiger partial charge on any atom is 0.311 e. The molecule has 0 unspecified atom stereocenters. The number of fused-ring (bicyclic) bond motifs is 1. The second kappa shape index (κ2) is 8.27. The molecule has 0 atom stereocenters. The number of H-pyrrole nitrogens is 1. The van der Waals surface area contributed by atoms with Gasteiger partial charge in [-0.05, 0) is 68.5 Å². The number of carbonyl (C=O) groups excluding carboxylic acids is 1. The summed E-state index contributed by atoms with van der Waals surface area (Å²) in [6.07, 6.45) is 0.596. The third-order valence-electron chi connectivity index (χ3n) is 5.43. The van der Waals surface area contributed by atoms with Gasteiger partial charge in [-0.15, -0.1) is 0 Å². The first kappa shape index (κ1) is 21.5. The van der Waals surface area contributed by atoms with E-state index >= 15 is 0 Å². The van der Waals surface area contributed by atoms with Crippen molar-refractivity contribution in [2.75, 3.05) is 7.11 Å². The first-order valence-corrected chi connectivity index (χ1v) is 10.9. The largest absolute Gasteiger partial charge is 0.469 e. The van der Waals surface area contributed by atoms with Crippen molar-refractivity contribution in [3.8, 4) is 0 Å². The minimum Gasteiger partial charge on any atom is -0.469 e. The average molecular weight is 410 g/mol. The fourth-order valence-electron chi connectivity index (χ4n) is 3.56. The smallest absolute Gasteiger partial charge is 0.311 e. The number of ether oxygens (including phenoxy) is 1. The monoisotopic (exact) mass is 409 g/mol. The van der Waals surface area contributed by atoms with Crippen LogP contribution < -0.4 is 0 Å². The van der Waals surface area contributed by atoms with Crippen LogP contribution in [0.4, 0.5) is 0 Å². The second-order valence-corrected chi connectivity index (χ2v) is 9.87. The number of nitrogens with one attached hydrogen (secondary N) is 1. The van der Waals surface area contributed by atoms with E-state index in [0.29, 0.717) is 12.3 Å². The highest BCUT2D eigenvalue weighted by Crippen LogP contribution is 2.41. The molecule has 0 saturated carbocycles. The van der Waals surface area contributed by atoms with E-state index in [9.17, 15) is 4.79 Å². The molecule has 0 fully saturated rings. The van der Waals surface area contributed by atoms with Crippen LogP contribution >= 0.6 is 11.8 Å². The number of aryl methyl sites for hydroxylation is 2. The Morgan fingerprint density at radius 1 is 1.14 bits per heavy atom. The van der Waals surface area contributed by atoms with Gasteiger partial charge in [-0.1, -0.05) is 43.8 Å². The Balaban J connectivity index is 2.15. The quantitative estimate of drug-likeness (QED) is 0.455. The van der Waals surface area contributed by atoms with Crippen LogP contribution in [0.15, 0.2) is 46.2 Å². The number of aromatic nitrogens is 1. The lowest BCUT2D eigenvalue weighted by Gasteiger charge is -2.21. The standard InChI is InChI=1S/C25H31NO2S/c1-15(2)18-10-11-20-19(13-18)23(29-22-12-16(3)8-9-17(22)4)21(26-20)14-25(5,6)24(27)28-7/h8-13,15,26H,14H2,1-7H3. The van der Waals surface area contributed by atoms with Gasteiger partial charge in [0.1, 0.15) is 0 Å². The van der Waals surface area contributed by atoms with Crippen molar-refractivity contribution >= 4 is 28.6 Å². The van der Waals surface area contributed by atoms with Gasteiger partial charge in [0.2, 0.25) is 0 Å². The first-order valence-electron chi connectivity index (χ1n) is 10.1. The molecule has 1 aromatic heterocycles. The van der Waals surface area contributed by atoms with E-state index < -0.39 is 5.41 Å². The Morgan fingerprint density at radius 3 is 2.52 bits per heavy atom. The molecule has 0 aliphatic carbocycles. The Hall–Kier alpha value is -2.20. The maximum absolute atomic E-state index is 12.3. The molecule has 0 aliphatic heterocycles. The molecule has 0 radical (unpaired) electrons. The van der Waals surface area contributed by atoms with Gasteiger partial charge in [0, 0.05) is 32.8 Å². The highest BCUT2D eigenvalue weighted by atomic mass is 32.2. The molecule has 0 saturated heterocycles. The van der Waals surface area contributed by atoms with Gasteiger partial charge in [-0.25, -0.2) is 0 Å². The van der Waals surface area contributed by atoms with Crippen molar-refractivity contribution in [1.82, 2.24) is 4.98 Å². The van der Waals surface area contributed by atoms with Gasteiger partial charge in [0.15, 0.2) is 0 Å². The van der Waals surface area contributed by atoms with Crippen LogP contribution in [-0.4, -0.2) is 18.1 Å². The number of carbonyl (C=O) groups is 1. The number of hydrogen-bond acceptors (Lipinski definition) is 3. The Kier molecular flexibility index (Phi) is 6.13. The molecule has 0 amide bonds. The molecule has 4 heteroatoms. The van der Waals surface area contributed by atoms with E-state index in [2.05, 4.69) is 69.1 Å². The van der Waals surface area contributed by atoms with Crippen molar-refractivity contribution in [1.29, 1.82) is 0 Å². The predicted octanol–water partition coefficient (Wildman–Crippen LogP) is 6.80. The normalized spacial score (nSPS) is 12.0. The lowest BCUT2D eigenvalue weighted by atomic mass is 9.88. The van der Waals surface area contributed by atoms with Crippen LogP contribution in [-0.2, 0) is 16.0 Å². The molecule has 3 aromatic rings. The minimum absolute atomic E-state index is 0.193. The third-order valence-corrected chi connectivity index (χ3v) is 6.76. The third kappa shape index (κ3) is 4.53. The molecule has 2 aromatic carbocycles.